The molecule has 5 nitrogen and oxygen atoms in total. The van der Waals surface area contributed by atoms with E-state index >= 15 is 0 Å². The number of ether oxygens (including phenoxy) is 1. The minimum Gasteiger partial charge on any atom is -0.465 e. The van der Waals surface area contributed by atoms with Crippen LogP contribution >= 0.6 is 18.1 Å². The number of carbonyl (C=O) groups excluding carboxylic acids is 1. The van der Waals surface area contributed by atoms with Crippen LogP contribution in [0.25, 0.3) is 0 Å². The number of benzene rings is 2. The fourth-order valence-electron chi connectivity index (χ4n) is 4.96. The van der Waals surface area contributed by atoms with Crippen LogP contribution in [0.5, 0.6) is 5.75 Å². The van der Waals surface area contributed by atoms with Crippen LogP contribution in [0.15, 0.2) is 60.7 Å². The Labute approximate surface area is 254 Å². The molecule has 0 fully saturated rings. The topological polar surface area (TPSA) is 64.6 Å². The highest BCUT2D eigenvalue weighted by Crippen LogP contribution is 2.48. The van der Waals surface area contributed by atoms with Gasteiger partial charge in [0.05, 0.1) is 6.61 Å². The van der Waals surface area contributed by atoms with Gasteiger partial charge in [-0.1, -0.05) is 158 Å². The third-order valence-corrected chi connectivity index (χ3v) is 8.90. The summed E-state index contributed by atoms with van der Waals surface area (Å²) >= 11 is 6.20. The smallest absolute Gasteiger partial charge is 0.409 e. The number of nitrogens with one attached hydrogen (secondary N) is 1. The highest BCUT2D eigenvalue weighted by Gasteiger charge is 2.31. The van der Waals surface area contributed by atoms with Crippen molar-refractivity contribution in [3.05, 3.63) is 66.2 Å². The number of halogens is 1. The summed E-state index contributed by atoms with van der Waals surface area (Å²) in [7, 11) is 0. The molecule has 0 aliphatic carbocycles. The second-order valence-electron chi connectivity index (χ2n) is 11.1. The van der Waals surface area contributed by atoms with Crippen LogP contribution in [0.1, 0.15) is 122 Å². The van der Waals surface area contributed by atoms with Gasteiger partial charge in [0, 0.05) is 11.2 Å². The van der Waals surface area contributed by atoms with Gasteiger partial charge in [-0.2, -0.15) is 0 Å². The number of carbonyl (C=O) groups is 1. The molecule has 2 aromatic rings. The fraction of sp³-hybridized carbons (Fsp3) is 0.618. The lowest BCUT2D eigenvalue weighted by Gasteiger charge is -2.21. The van der Waals surface area contributed by atoms with E-state index in [0.717, 1.165) is 24.8 Å². The molecule has 2 aromatic carbocycles. The molecule has 7 heteroatoms. The van der Waals surface area contributed by atoms with Gasteiger partial charge in [0.25, 0.3) is 0 Å². The van der Waals surface area contributed by atoms with Gasteiger partial charge in [-0.3, -0.25) is 4.79 Å². The summed E-state index contributed by atoms with van der Waals surface area (Å²) in [6.45, 7) is -1.20. The Bertz CT molecular complexity index is 960. The van der Waals surface area contributed by atoms with E-state index < -0.39 is 18.9 Å². The van der Waals surface area contributed by atoms with Gasteiger partial charge < -0.3 is 9.26 Å². The normalized spacial score (nSPS) is 13.4. The van der Waals surface area contributed by atoms with E-state index in [-0.39, 0.29) is 0 Å². The fourth-order valence-corrected chi connectivity index (χ4v) is 6.57. The third-order valence-electron chi connectivity index (χ3n) is 7.34. The van der Waals surface area contributed by atoms with E-state index in [2.05, 4.69) is 12.0 Å². The molecule has 0 heterocycles. The first-order chi connectivity index (χ1) is 20.0. The summed E-state index contributed by atoms with van der Waals surface area (Å²) in [6.07, 6.45) is 22.5. The Kier molecular flexibility index (Phi) is 19.6. The van der Waals surface area contributed by atoms with E-state index in [4.69, 9.17) is 20.5 Å². The zero-order valence-corrected chi connectivity index (χ0v) is 26.9. The molecule has 41 heavy (non-hydrogen) atoms. The van der Waals surface area contributed by atoms with E-state index in [1.165, 1.54) is 89.9 Å². The molecule has 0 spiro atoms. The monoisotopic (exact) mass is 605 g/mol. The van der Waals surface area contributed by atoms with E-state index in [1.54, 1.807) is 24.3 Å². The number of rotatable bonds is 25. The van der Waals surface area contributed by atoms with Crippen molar-refractivity contribution < 1.29 is 18.6 Å². The third kappa shape index (κ3) is 18.4. The minimum absolute atomic E-state index is 0.299. The van der Waals surface area contributed by atoms with Crippen LogP contribution in [0, 0.1) is 0 Å². The maximum Gasteiger partial charge on any atom is 0.409 e. The van der Waals surface area contributed by atoms with Crippen LogP contribution < -0.4 is 9.61 Å². The largest absolute Gasteiger partial charge is 0.465 e. The van der Waals surface area contributed by atoms with Crippen LogP contribution in [-0.2, 0) is 20.5 Å². The first kappa shape index (κ1) is 35.4. The molecular formula is C34H53ClNO4P. The van der Waals surface area contributed by atoms with Gasteiger partial charge in [-0.25, -0.2) is 9.65 Å². The molecular weight excluding hydrogens is 553 g/mol. The van der Waals surface area contributed by atoms with Crippen molar-refractivity contribution in [3.63, 3.8) is 0 Å². The molecule has 0 aliphatic heterocycles. The summed E-state index contributed by atoms with van der Waals surface area (Å²) < 4.78 is 24.0. The molecule has 1 N–H and O–H groups in total. The Morgan fingerprint density at radius 3 is 1.63 bits per heavy atom. The highest BCUT2D eigenvalue weighted by molar-refractivity contribution is 7.84. The van der Waals surface area contributed by atoms with Crippen LogP contribution in [0.3, 0.4) is 0 Å². The van der Waals surface area contributed by atoms with Crippen molar-refractivity contribution in [3.8, 4) is 5.75 Å². The lowest BCUT2D eigenvalue weighted by Crippen LogP contribution is -2.38. The molecule has 0 aromatic heterocycles. The molecule has 0 bridgehead atoms. The molecule has 0 saturated carbocycles. The van der Waals surface area contributed by atoms with Crippen LogP contribution in [0.4, 0.5) is 0 Å². The Morgan fingerprint density at radius 2 is 1.15 bits per heavy atom. The predicted octanol–water partition coefficient (Wildman–Crippen LogP) is 10.8. The van der Waals surface area contributed by atoms with Crippen molar-refractivity contribution in [1.82, 2.24) is 5.09 Å². The zero-order valence-electron chi connectivity index (χ0n) is 25.2. The lowest BCUT2D eigenvalue weighted by molar-refractivity contribution is -0.145. The molecule has 2 rings (SSSR count). The van der Waals surface area contributed by atoms with Crippen LogP contribution in [0.2, 0.25) is 0 Å². The molecule has 230 valence electrons. The van der Waals surface area contributed by atoms with Gasteiger partial charge in [-0.05, 0) is 30.5 Å². The number of para-hydroxylation sites is 1. The second kappa shape index (κ2) is 22.7. The first-order valence-electron chi connectivity index (χ1n) is 16.0. The van der Waals surface area contributed by atoms with Crippen molar-refractivity contribution >= 4 is 24.1 Å². The van der Waals surface area contributed by atoms with Gasteiger partial charge in [0.1, 0.15) is 11.8 Å². The quantitative estimate of drug-likeness (QED) is 0.0692. The second-order valence-corrected chi connectivity index (χ2v) is 13.8. The first-order valence-corrected chi connectivity index (χ1v) is 18.6. The molecule has 0 aliphatic rings. The molecule has 0 radical (unpaired) electrons. The highest BCUT2D eigenvalue weighted by atomic mass is 35.7. The van der Waals surface area contributed by atoms with Gasteiger partial charge in [-0.15, -0.1) is 0 Å². The summed E-state index contributed by atoms with van der Waals surface area (Å²) in [5.74, 6) is -0.100. The number of hydrogen-bond donors (Lipinski definition) is 1. The van der Waals surface area contributed by atoms with Crippen LogP contribution in [-0.4, -0.2) is 18.6 Å². The Balaban J connectivity index is 1.56. The maximum atomic E-state index is 13.0. The summed E-state index contributed by atoms with van der Waals surface area (Å²) in [5.41, 5.74) is 0.913. The van der Waals surface area contributed by atoms with Crippen molar-refractivity contribution in [2.24, 2.45) is 0 Å². The number of unbranched alkanes of at least 4 members (excludes halogenated alkanes) is 16. The van der Waals surface area contributed by atoms with Crippen molar-refractivity contribution in [1.29, 1.82) is 0 Å². The Hall–Kier alpha value is -1.81. The average molecular weight is 606 g/mol. The van der Waals surface area contributed by atoms with E-state index in [0.29, 0.717) is 18.8 Å². The van der Waals surface area contributed by atoms with Crippen molar-refractivity contribution in [2.45, 2.75) is 129 Å². The van der Waals surface area contributed by atoms with Gasteiger partial charge >= 0.3 is 12.8 Å². The summed E-state index contributed by atoms with van der Waals surface area (Å²) in [4.78, 5) is 12.9. The molecule has 2 atom stereocenters. The lowest BCUT2D eigenvalue weighted by atomic mass is 10.0. The predicted molar refractivity (Wildman–Crippen MR) is 173 cm³/mol. The Morgan fingerprint density at radius 1 is 0.707 bits per heavy atom. The number of esters is 1. The standard InChI is InChI=1S/C34H53ClNO4P/c1-2-3-4-5-6-7-8-9-10-11-12-13-14-15-16-17-24-29-39-34(37)33(30-31-25-20-18-21-26-31)36-41(35,38)40-32-27-22-19-23-28-32/h18-23,25-28,33H,2-17,24,29-30H2,1H3,(H,36,38)/t33-,41?/m0/s1. The van der Waals surface area contributed by atoms with Gasteiger partial charge in [0.15, 0.2) is 0 Å². The van der Waals surface area contributed by atoms with Gasteiger partial charge in [0.2, 0.25) is 0 Å². The molecule has 0 amide bonds. The maximum absolute atomic E-state index is 13.0. The van der Waals surface area contributed by atoms with E-state index in [9.17, 15) is 9.36 Å². The van der Waals surface area contributed by atoms with Crippen molar-refractivity contribution in [2.75, 3.05) is 6.61 Å². The summed E-state index contributed by atoms with van der Waals surface area (Å²) in [5, 5.41) is 2.72. The zero-order chi connectivity index (χ0) is 29.4. The molecule has 1 unspecified atom stereocenters. The minimum atomic E-state index is -3.82. The van der Waals surface area contributed by atoms with E-state index in [1.807, 2.05) is 36.4 Å². The molecule has 0 saturated heterocycles. The summed E-state index contributed by atoms with van der Waals surface area (Å²) in [6, 6.07) is 17.3. The average Bonchev–Trinajstić information content (AvgIpc) is 2.97. The number of hydrogen-bond acceptors (Lipinski definition) is 4. The SMILES string of the molecule is CCCCCCCCCCCCCCCCCCCOC(=O)[C@H](Cc1ccccc1)NP(=O)(Cl)Oc1ccccc1.